The van der Waals surface area contributed by atoms with Crippen LogP contribution in [0.15, 0.2) is 5.16 Å². The molecular weight excluding hydrogens is 246 g/mol. The van der Waals surface area contributed by atoms with Gasteiger partial charge in [-0.3, -0.25) is 4.79 Å². The third-order valence-corrected chi connectivity index (χ3v) is 4.08. The number of amidine groups is 1. The second-order valence-corrected chi connectivity index (χ2v) is 5.41. The molecule has 0 radical (unpaired) electrons. The van der Waals surface area contributed by atoms with Gasteiger partial charge in [-0.25, -0.2) is 0 Å². The molecule has 2 aliphatic rings. The summed E-state index contributed by atoms with van der Waals surface area (Å²) < 4.78 is 5.36. The first kappa shape index (κ1) is 14.1. The first-order chi connectivity index (χ1) is 9.22. The van der Waals surface area contributed by atoms with E-state index in [-0.39, 0.29) is 29.8 Å². The van der Waals surface area contributed by atoms with E-state index in [2.05, 4.69) is 10.5 Å². The first-order valence-electron chi connectivity index (χ1n) is 7.11. The molecule has 1 saturated heterocycles. The maximum absolute atomic E-state index is 12.1. The summed E-state index contributed by atoms with van der Waals surface area (Å²) in [6.07, 6.45) is 6.79. The van der Waals surface area contributed by atoms with Crippen LogP contribution in [0.3, 0.4) is 0 Å². The van der Waals surface area contributed by atoms with Gasteiger partial charge in [0.1, 0.15) is 6.10 Å². The van der Waals surface area contributed by atoms with Gasteiger partial charge in [0.05, 0.1) is 6.04 Å². The van der Waals surface area contributed by atoms with E-state index in [1.165, 1.54) is 6.42 Å². The third kappa shape index (κ3) is 3.59. The summed E-state index contributed by atoms with van der Waals surface area (Å²) in [6.45, 7) is 0.635. The van der Waals surface area contributed by atoms with Crippen molar-refractivity contribution in [2.45, 2.75) is 57.1 Å². The minimum atomic E-state index is -0.377. The van der Waals surface area contributed by atoms with Crippen LogP contribution >= 0.6 is 0 Å². The molecule has 0 aromatic heterocycles. The first-order valence-corrected chi connectivity index (χ1v) is 7.11. The molecule has 2 rings (SSSR count). The van der Waals surface area contributed by atoms with Gasteiger partial charge < -0.3 is 21.0 Å². The summed E-state index contributed by atoms with van der Waals surface area (Å²) in [5.74, 6) is 0.216. The molecule has 19 heavy (non-hydrogen) atoms. The van der Waals surface area contributed by atoms with Crippen molar-refractivity contribution in [2.24, 2.45) is 16.8 Å². The number of hydrogen-bond acceptors (Lipinski definition) is 4. The highest BCUT2D eigenvalue weighted by Gasteiger charge is 2.32. The minimum Gasteiger partial charge on any atom is -0.409 e. The monoisotopic (exact) mass is 269 g/mol. The largest absolute Gasteiger partial charge is 0.409 e. The Bertz CT molecular complexity index is 334. The zero-order chi connectivity index (χ0) is 13.7. The van der Waals surface area contributed by atoms with Gasteiger partial charge >= 0.3 is 0 Å². The van der Waals surface area contributed by atoms with Crippen molar-refractivity contribution in [1.82, 2.24) is 5.32 Å². The maximum atomic E-state index is 12.1. The van der Waals surface area contributed by atoms with Crippen LogP contribution in [0.5, 0.6) is 0 Å². The van der Waals surface area contributed by atoms with Gasteiger partial charge in [-0.2, -0.15) is 0 Å². The number of hydrogen-bond donors (Lipinski definition) is 3. The summed E-state index contributed by atoms with van der Waals surface area (Å²) in [6, 6.07) is -0.373. The van der Waals surface area contributed by atoms with Crippen LogP contribution in [0, 0.1) is 5.92 Å². The molecule has 2 fully saturated rings. The van der Waals surface area contributed by atoms with Gasteiger partial charge in [-0.15, -0.1) is 0 Å². The van der Waals surface area contributed by atoms with Gasteiger partial charge in [0, 0.05) is 6.61 Å². The van der Waals surface area contributed by atoms with E-state index < -0.39 is 0 Å². The molecule has 0 aromatic rings. The zero-order valence-corrected chi connectivity index (χ0v) is 11.2. The molecule has 4 N–H and O–H groups in total. The Labute approximate surface area is 113 Å². The molecule has 1 saturated carbocycles. The highest BCUT2D eigenvalue weighted by molar-refractivity contribution is 5.91. The molecule has 0 bridgehead atoms. The van der Waals surface area contributed by atoms with Crippen LogP contribution < -0.4 is 11.1 Å². The van der Waals surface area contributed by atoms with Crippen LogP contribution in [-0.4, -0.2) is 35.7 Å². The lowest BCUT2D eigenvalue weighted by Crippen LogP contribution is -2.52. The van der Waals surface area contributed by atoms with Crippen LogP contribution in [0.25, 0.3) is 0 Å². The van der Waals surface area contributed by atoms with Crippen molar-refractivity contribution in [2.75, 3.05) is 6.61 Å². The lowest BCUT2D eigenvalue weighted by molar-refractivity contribution is -0.130. The molecule has 6 heteroatoms. The molecule has 6 nitrogen and oxygen atoms in total. The molecule has 2 unspecified atom stereocenters. The third-order valence-electron chi connectivity index (χ3n) is 4.08. The molecular formula is C13H23N3O3. The quantitative estimate of drug-likeness (QED) is 0.307. The number of carbonyl (C=O) groups is 1. The molecule has 0 aromatic carbocycles. The normalized spacial score (nSPS) is 27.2. The van der Waals surface area contributed by atoms with Crippen LogP contribution in [0.1, 0.15) is 44.9 Å². The molecule has 108 valence electrons. The Hall–Kier alpha value is -1.30. The van der Waals surface area contributed by atoms with E-state index in [0.29, 0.717) is 6.61 Å². The highest BCUT2D eigenvalue weighted by atomic mass is 16.5. The predicted molar refractivity (Wildman–Crippen MR) is 70.9 cm³/mol. The van der Waals surface area contributed by atoms with Gasteiger partial charge in [0.25, 0.3) is 0 Å². The number of rotatable bonds is 4. The number of carbonyl (C=O) groups excluding carboxylic acids is 1. The zero-order valence-electron chi connectivity index (χ0n) is 11.2. The second-order valence-electron chi connectivity index (χ2n) is 5.41. The maximum Gasteiger partial charge on any atom is 0.249 e. The van der Waals surface area contributed by atoms with Crippen molar-refractivity contribution in [3.8, 4) is 0 Å². The number of ether oxygens (including phenoxy) is 1. The summed E-state index contributed by atoms with van der Waals surface area (Å²) in [4.78, 5) is 12.1. The Morgan fingerprint density at radius 3 is 2.58 bits per heavy atom. The standard InChI is InChI=1S/C13H23N3O3/c14-12(16-18)11(9-5-2-1-3-6-9)15-13(17)10-7-4-8-19-10/h9-11,18H,1-8H2,(H2,14,16)(H,15,17). The Kier molecular flexibility index (Phi) is 5.01. The fourth-order valence-electron chi connectivity index (χ4n) is 2.99. The second kappa shape index (κ2) is 6.75. The van der Waals surface area contributed by atoms with Crippen molar-refractivity contribution >= 4 is 11.7 Å². The number of amides is 1. The SMILES string of the molecule is N/C(=N\O)C(NC(=O)C1CCCO1)C1CCCCC1. The van der Waals surface area contributed by atoms with Crippen molar-refractivity contribution < 1.29 is 14.7 Å². The number of nitrogens with one attached hydrogen (secondary N) is 1. The van der Waals surface area contributed by atoms with Crippen molar-refractivity contribution in [1.29, 1.82) is 0 Å². The highest BCUT2D eigenvalue weighted by Crippen LogP contribution is 2.27. The van der Waals surface area contributed by atoms with Gasteiger partial charge in [-0.1, -0.05) is 24.4 Å². The Morgan fingerprint density at radius 1 is 1.26 bits per heavy atom. The molecule has 0 spiro atoms. The summed E-state index contributed by atoms with van der Waals surface area (Å²) >= 11 is 0. The van der Waals surface area contributed by atoms with Crippen LogP contribution in [-0.2, 0) is 9.53 Å². The predicted octanol–water partition coefficient (Wildman–Crippen LogP) is 0.977. The van der Waals surface area contributed by atoms with E-state index in [4.69, 9.17) is 15.7 Å². The number of oxime groups is 1. The average molecular weight is 269 g/mol. The van der Waals surface area contributed by atoms with E-state index >= 15 is 0 Å². The van der Waals surface area contributed by atoms with E-state index in [1.54, 1.807) is 0 Å². The fourth-order valence-corrected chi connectivity index (χ4v) is 2.99. The Morgan fingerprint density at radius 2 is 2.00 bits per heavy atom. The smallest absolute Gasteiger partial charge is 0.249 e. The summed E-state index contributed by atoms with van der Waals surface area (Å²) in [5.41, 5.74) is 5.74. The molecule has 1 amide bonds. The Balaban J connectivity index is 1.98. The van der Waals surface area contributed by atoms with Gasteiger partial charge in [0.2, 0.25) is 5.91 Å². The van der Waals surface area contributed by atoms with Crippen LogP contribution in [0.4, 0.5) is 0 Å². The number of nitrogens with zero attached hydrogens (tertiary/aromatic N) is 1. The fraction of sp³-hybridized carbons (Fsp3) is 0.846. The molecule has 1 heterocycles. The molecule has 2 atom stereocenters. The van der Waals surface area contributed by atoms with Crippen molar-refractivity contribution in [3.05, 3.63) is 0 Å². The van der Waals surface area contributed by atoms with Crippen molar-refractivity contribution in [3.63, 3.8) is 0 Å². The summed E-state index contributed by atoms with van der Waals surface area (Å²) in [7, 11) is 0. The average Bonchev–Trinajstić information content (AvgIpc) is 2.99. The van der Waals surface area contributed by atoms with Gasteiger partial charge in [-0.05, 0) is 31.6 Å². The molecule has 1 aliphatic heterocycles. The van der Waals surface area contributed by atoms with Crippen LogP contribution in [0.2, 0.25) is 0 Å². The number of nitrogens with two attached hydrogens (primary N) is 1. The van der Waals surface area contributed by atoms with E-state index in [1.807, 2.05) is 0 Å². The van der Waals surface area contributed by atoms with Gasteiger partial charge in [0.15, 0.2) is 5.84 Å². The minimum absolute atomic E-state index is 0.0956. The lowest BCUT2D eigenvalue weighted by atomic mass is 9.83. The van der Waals surface area contributed by atoms with E-state index in [9.17, 15) is 4.79 Å². The molecule has 1 aliphatic carbocycles. The summed E-state index contributed by atoms with van der Waals surface area (Å²) in [5, 5.41) is 14.9. The lowest BCUT2D eigenvalue weighted by Gasteiger charge is -2.30. The topological polar surface area (TPSA) is 96.9 Å². The van der Waals surface area contributed by atoms with E-state index in [0.717, 1.165) is 38.5 Å².